The van der Waals surface area contributed by atoms with Gasteiger partial charge in [0, 0.05) is 12.5 Å². The second-order valence-corrected chi connectivity index (χ2v) is 6.21. The topological polar surface area (TPSA) is 75.6 Å². The largest absolute Gasteiger partial charge is 0.302 e. The Hall–Kier alpha value is -1.80. The second kappa shape index (κ2) is 6.31. The summed E-state index contributed by atoms with van der Waals surface area (Å²) in [6.07, 6.45) is 1.76. The van der Waals surface area contributed by atoms with Crippen LogP contribution in [0.15, 0.2) is 12.7 Å². The number of anilines is 1. The number of aryl methyl sites for hydroxylation is 1. The quantitative estimate of drug-likeness (QED) is 0.654. The molecule has 0 radical (unpaired) electrons. The molecule has 0 aromatic carbocycles. The van der Waals surface area contributed by atoms with Crippen molar-refractivity contribution in [2.45, 2.75) is 27.3 Å². The number of carbonyl (C=O) groups excluding carboxylic acids is 1. The van der Waals surface area contributed by atoms with E-state index in [1.165, 1.54) is 11.3 Å². The molecule has 21 heavy (non-hydrogen) atoms. The zero-order valence-corrected chi connectivity index (χ0v) is 13.8. The SMILES string of the molecule is C=CCn1c(-c2sc(NC(=O)C(C)C)nc2C)n[nH]c1=S. The van der Waals surface area contributed by atoms with Gasteiger partial charge >= 0.3 is 0 Å². The minimum Gasteiger partial charge on any atom is -0.302 e. The number of nitrogens with one attached hydrogen (secondary N) is 2. The number of carbonyl (C=O) groups is 1. The number of thiazole rings is 1. The van der Waals surface area contributed by atoms with E-state index < -0.39 is 0 Å². The average Bonchev–Trinajstić information content (AvgIpc) is 2.94. The Morgan fingerprint density at radius 2 is 2.33 bits per heavy atom. The van der Waals surface area contributed by atoms with Crippen molar-refractivity contribution in [1.29, 1.82) is 0 Å². The van der Waals surface area contributed by atoms with Crippen molar-refractivity contribution in [3.63, 3.8) is 0 Å². The molecule has 112 valence electrons. The smallest absolute Gasteiger partial charge is 0.228 e. The van der Waals surface area contributed by atoms with Crippen LogP contribution in [-0.2, 0) is 11.3 Å². The Morgan fingerprint density at radius 1 is 1.62 bits per heavy atom. The highest BCUT2D eigenvalue weighted by atomic mass is 32.1. The average molecular weight is 323 g/mol. The van der Waals surface area contributed by atoms with E-state index in [0.717, 1.165) is 10.6 Å². The number of rotatable bonds is 5. The summed E-state index contributed by atoms with van der Waals surface area (Å²) >= 11 is 6.59. The Morgan fingerprint density at radius 3 is 2.95 bits per heavy atom. The maximum Gasteiger partial charge on any atom is 0.228 e. The Labute approximate surface area is 131 Å². The Balaban J connectivity index is 2.38. The minimum atomic E-state index is -0.0898. The van der Waals surface area contributed by atoms with Crippen LogP contribution >= 0.6 is 23.6 Å². The van der Waals surface area contributed by atoms with Crippen molar-refractivity contribution in [3.8, 4) is 10.7 Å². The molecule has 0 bridgehead atoms. The molecule has 0 aliphatic carbocycles. The van der Waals surface area contributed by atoms with E-state index in [0.29, 0.717) is 22.3 Å². The number of aromatic nitrogens is 4. The van der Waals surface area contributed by atoms with Crippen molar-refractivity contribution in [3.05, 3.63) is 23.1 Å². The van der Waals surface area contributed by atoms with Gasteiger partial charge in [-0.15, -0.1) is 6.58 Å². The van der Waals surface area contributed by atoms with E-state index in [1.807, 2.05) is 25.3 Å². The predicted molar refractivity (Wildman–Crippen MR) is 86.9 cm³/mol. The summed E-state index contributed by atoms with van der Waals surface area (Å²) in [5.74, 6) is 0.563. The molecule has 2 aromatic rings. The maximum absolute atomic E-state index is 11.7. The highest BCUT2D eigenvalue weighted by Crippen LogP contribution is 2.31. The third-order valence-electron chi connectivity index (χ3n) is 2.82. The lowest BCUT2D eigenvalue weighted by Gasteiger charge is -2.03. The van der Waals surface area contributed by atoms with Gasteiger partial charge in [-0.2, -0.15) is 5.10 Å². The molecule has 2 heterocycles. The van der Waals surface area contributed by atoms with E-state index in [4.69, 9.17) is 12.2 Å². The van der Waals surface area contributed by atoms with Crippen LogP contribution in [0.3, 0.4) is 0 Å². The van der Waals surface area contributed by atoms with Crippen molar-refractivity contribution in [2.24, 2.45) is 5.92 Å². The normalized spacial score (nSPS) is 10.9. The fourth-order valence-corrected chi connectivity index (χ4v) is 2.87. The fourth-order valence-electron chi connectivity index (χ4n) is 1.70. The second-order valence-electron chi connectivity index (χ2n) is 4.83. The lowest BCUT2D eigenvalue weighted by Crippen LogP contribution is -2.17. The molecule has 8 heteroatoms. The first-order valence-electron chi connectivity index (χ1n) is 6.48. The van der Waals surface area contributed by atoms with Crippen LogP contribution < -0.4 is 5.32 Å². The van der Waals surface area contributed by atoms with E-state index in [9.17, 15) is 4.79 Å². The number of hydrogen-bond acceptors (Lipinski definition) is 5. The summed E-state index contributed by atoms with van der Waals surface area (Å²) in [4.78, 5) is 17.0. The molecule has 0 aliphatic heterocycles. The van der Waals surface area contributed by atoms with Gasteiger partial charge in [-0.25, -0.2) is 4.98 Å². The van der Waals surface area contributed by atoms with Crippen LogP contribution in [0.25, 0.3) is 10.7 Å². The maximum atomic E-state index is 11.7. The molecule has 0 unspecified atom stereocenters. The first kappa shape index (κ1) is 15.6. The third kappa shape index (κ3) is 3.27. The van der Waals surface area contributed by atoms with E-state index in [1.54, 1.807) is 6.08 Å². The van der Waals surface area contributed by atoms with Gasteiger partial charge in [0.25, 0.3) is 0 Å². The highest BCUT2D eigenvalue weighted by Gasteiger charge is 2.17. The molecule has 2 rings (SSSR count). The highest BCUT2D eigenvalue weighted by molar-refractivity contribution is 7.71. The number of nitrogens with zero attached hydrogens (tertiary/aromatic N) is 3. The van der Waals surface area contributed by atoms with Gasteiger partial charge in [0.1, 0.15) is 0 Å². The van der Waals surface area contributed by atoms with Gasteiger partial charge in [0.15, 0.2) is 15.7 Å². The number of aromatic amines is 1. The lowest BCUT2D eigenvalue weighted by atomic mass is 10.2. The van der Waals surface area contributed by atoms with Gasteiger partial charge < -0.3 is 5.32 Å². The number of allylic oxidation sites excluding steroid dienone is 1. The van der Waals surface area contributed by atoms with Crippen molar-refractivity contribution in [2.75, 3.05) is 5.32 Å². The molecule has 0 atom stereocenters. The molecular formula is C13H17N5OS2. The van der Waals surface area contributed by atoms with Crippen molar-refractivity contribution >= 4 is 34.6 Å². The summed E-state index contributed by atoms with van der Waals surface area (Å²) in [5.41, 5.74) is 0.804. The first-order chi connectivity index (χ1) is 9.93. The lowest BCUT2D eigenvalue weighted by molar-refractivity contribution is -0.118. The Bertz CT molecular complexity index is 725. The summed E-state index contributed by atoms with van der Waals surface area (Å²) in [5, 5.41) is 10.4. The van der Waals surface area contributed by atoms with Crippen molar-refractivity contribution in [1.82, 2.24) is 19.7 Å². The van der Waals surface area contributed by atoms with E-state index in [2.05, 4.69) is 27.1 Å². The summed E-state index contributed by atoms with van der Waals surface area (Å²) in [6.45, 7) is 9.85. The van der Waals surface area contributed by atoms with Gasteiger partial charge in [-0.05, 0) is 19.1 Å². The molecule has 2 N–H and O–H groups in total. The molecule has 2 aromatic heterocycles. The minimum absolute atomic E-state index is 0.0553. The Kier molecular flexibility index (Phi) is 4.69. The van der Waals surface area contributed by atoms with E-state index >= 15 is 0 Å². The van der Waals surface area contributed by atoms with Gasteiger partial charge in [0.2, 0.25) is 5.91 Å². The van der Waals surface area contributed by atoms with Crippen molar-refractivity contribution < 1.29 is 4.79 Å². The number of hydrogen-bond donors (Lipinski definition) is 2. The predicted octanol–water partition coefficient (Wildman–Crippen LogP) is 3.15. The van der Waals surface area contributed by atoms with Crippen LogP contribution in [0.4, 0.5) is 5.13 Å². The zero-order valence-electron chi connectivity index (χ0n) is 12.1. The summed E-state index contributed by atoms with van der Waals surface area (Å²) in [7, 11) is 0. The first-order valence-corrected chi connectivity index (χ1v) is 7.71. The molecule has 6 nitrogen and oxygen atoms in total. The van der Waals surface area contributed by atoms with Crippen LogP contribution in [-0.4, -0.2) is 25.7 Å². The zero-order chi connectivity index (χ0) is 15.6. The molecule has 0 saturated carbocycles. The fraction of sp³-hybridized carbons (Fsp3) is 0.385. The van der Waals surface area contributed by atoms with Crippen LogP contribution in [0.2, 0.25) is 0 Å². The number of H-pyrrole nitrogens is 1. The van der Waals surface area contributed by atoms with Crippen LogP contribution in [0, 0.1) is 17.6 Å². The summed E-state index contributed by atoms with van der Waals surface area (Å²) < 4.78 is 2.38. The summed E-state index contributed by atoms with van der Waals surface area (Å²) in [6, 6.07) is 0. The van der Waals surface area contributed by atoms with Gasteiger partial charge in [0.05, 0.1) is 10.6 Å². The molecule has 0 fully saturated rings. The van der Waals surface area contributed by atoms with Crippen LogP contribution in [0.1, 0.15) is 19.5 Å². The third-order valence-corrected chi connectivity index (χ3v) is 4.20. The van der Waals surface area contributed by atoms with Crippen LogP contribution in [0.5, 0.6) is 0 Å². The monoisotopic (exact) mass is 323 g/mol. The number of amides is 1. The molecule has 0 aliphatic rings. The molecular weight excluding hydrogens is 306 g/mol. The van der Waals surface area contributed by atoms with Gasteiger partial charge in [-0.3, -0.25) is 14.5 Å². The molecule has 0 saturated heterocycles. The molecule has 1 amide bonds. The molecule has 0 spiro atoms. The van der Waals surface area contributed by atoms with Gasteiger partial charge in [-0.1, -0.05) is 31.3 Å². The standard InChI is InChI=1S/C13H17N5OS2/c1-5-6-18-10(16-17-13(18)20)9-8(4)14-12(21-9)15-11(19)7(2)3/h5,7H,1,6H2,2-4H3,(H,17,20)(H,14,15,19). The van der Waals surface area contributed by atoms with E-state index in [-0.39, 0.29) is 11.8 Å².